The smallest absolute Gasteiger partial charge is 0.278 e. The first-order valence-electron chi connectivity index (χ1n) is 7.98. The van der Waals surface area contributed by atoms with Gasteiger partial charge in [0.2, 0.25) is 0 Å². The van der Waals surface area contributed by atoms with E-state index in [1.54, 1.807) is 30.3 Å². The molecule has 0 aliphatic heterocycles. The number of halogens is 2. The number of sulfonamides is 1. The molecule has 0 aliphatic carbocycles. The molecule has 3 aromatic rings. The molecule has 6 nitrogen and oxygen atoms in total. The maximum atomic E-state index is 12.9. The summed E-state index contributed by atoms with van der Waals surface area (Å²) in [6, 6.07) is 15.2. The quantitative estimate of drug-likeness (QED) is 0.536. The van der Waals surface area contributed by atoms with Crippen LogP contribution in [0.3, 0.4) is 0 Å². The van der Waals surface area contributed by atoms with Crippen LogP contribution >= 0.6 is 34.5 Å². The largest absolute Gasteiger partial charge is 0.287 e. The molecule has 0 aliphatic rings. The number of anilines is 1. The molecule has 1 unspecified atom stereocenters. The fourth-order valence-electron chi connectivity index (χ4n) is 2.35. The number of hydrogen-bond donors (Lipinski definition) is 1. The van der Waals surface area contributed by atoms with Gasteiger partial charge in [0.1, 0.15) is 4.21 Å². The van der Waals surface area contributed by atoms with Crippen LogP contribution in [0, 0.1) is 0 Å². The zero-order valence-electron chi connectivity index (χ0n) is 14.8. The summed E-state index contributed by atoms with van der Waals surface area (Å²) in [5.74, 6) is -0.856. The monoisotopic (exact) mass is 488 g/mol. The summed E-state index contributed by atoms with van der Waals surface area (Å²) >= 11 is 12.7. The van der Waals surface area contributed by atoms with Crippen molar-refractivity contribution in [2.75, 3.05) is 11.0 Å². The van der Waals surface area contributed by atoms with Crippen LogP contribution in [0.15, 0.2) is 74.1 Å². The number of carbonyl (C=O) groups is 1. The van der Waals surface area contributed by atoms with Crippen LogP contribution in [0.4, 0.5) is 5.69 Å². The summed E-state index contributed by atoms with van der Waals surface area (Å²) in [7, 11) is -7.02. The van der Waals surface area contributed by atoms with E-state index in [-0.39, 0.29) is 20.5 Å². The van der Waals surface area contributed by atoms with Crippen molar-refractivity contribution in [1.29, 1.82) is 0 Å². The molecular formula is C18H14Cl2N2O4S3. The van der Waals surface area contributed by atoms with Gasteiger partial charge in [-0.3, -0.25) is 9.52 Å². The Labute approximate surface area is 182 Å². The number of amides is 1. The zero-order valence-corrected chi connectivity index (χ0v) is 18.8. The molecule has 11 heteroatoms. The van der Waals surface area contributed by atoms with Gasteiger partial charge in [0, 0.05) is 16.2 Å². The van der Waals surface area contributed by atoms with Gasteiger partial charge in [-0.05, 0) is 42.5 Å². The molecule has 3 rings (SSSR count). The molecule has 29 heavy (non-hydrogen) atoms. The zero-order chi connectivity index (χ0) is 21.2. The van der Waals surface area contributed by atoms with Gasteiger partial charge in [-0.1, -0.05) is 41.4 Å². The highest BCUT2D eigenvalue weighted by atomic mass is 35.5. The SMILES string of the molecule is CS(=O)(=NC(=O)c1cc(Cl)ccc1NS(=O)(=O)c1ccc(Cl)s1)c1ccccc1. The van der Waals surface area contributed by atoms with Crippen molar-refractivity contribution in [3.05, 3.63) is 75.6 Å². The van der Waals surface area contributed by atoms with Crippen LogP contribution in [0.5, 0.6) is 0 Å². The van der Waals surface area contributed by atoms with Crippen LogP contribution in [0.1, 0.15) is 10.4 Å². The standard InChI is InChI=1S/C18H14Cl2N2O4S3/c1-28(24,13-5-3-2-4-6-13)22-18(23)14-11-12(19)7-8-15(14)21-29(25,26)17-10-9-16(20)27-17/h2-11,21H,1H3. The first-order valence-corrected chi connectivity index (χ1v) is 13.0. The summed E-state index contributed by atoms with van der Waals surface area (Å²) < 4.78 is 44.6. The molecule has 0 radical (unpaired) electrons. The van der Waals surface area contributed by atoms with Gasteiger partial charge in [0.05, 0.1) is 25.3 Å². The predicted octanol–water partition coefficient (Wildman–Crippen LogP) is 5.15. The van der Waals surface area contributed by atoms with Gasteiger partial charge in [0.25, 0.3) is 15.9 Å². The normalized spacial score (nSPS) is 13.5. The van der Waals surface area contributed by atoms with E-state index >= 15 is 0 Å². The van der Waals surface area contributed by atoms with Crippen LogP contribution in [0.2, 0.25) is 9.36 Å². The predicted molar refractivity (Wildman–Crippen MR) is 117 cm³/mol. The number of benzene rings is 2. The number of thiophene rings is 1. The second-order valence-electron chi connectivity index (χ2n) is 5.87. The van der Waals surface area contributed by atoms with E-state index in [2.05, 4.69) is 9.08 Å². The minimum Gasteiger partial charge on any atom is -0.278 e. The topological polar surface area (TPSA) is 92.7 Å². The summed E-state index contributed by atoms with van der Waals surface area (Å²) in [5.41, 5.74) is -0.148. The van der Waals surface area contributed by atoms with Crippen molar-refractivity contribution in [1.82, 2.24) is 0 Å². The summed E-state index contributed by atoms with van der Waals surface area (Å²) in [5, 5.41) is 0.202. The van der Waals surface area contributed by atoms with Crippen LogP contribution in [0.25, 0.3) is 0 Å². The third-order valence-corrected chi connectivity index (χ3v) is 8.69. The molecule has 0 fully saturated rings. The summed E-state index contributed by atoms with van der Waals surface area (Å²) in [4.78, 5) is 13.2. The van der Waals surface area contributed by atoms with Crippen molar-refractivity contribution in [2.45, 2.75) is 9.10 Å². The fourth-order valence-corrected chi connectivity index (χ4v) is 6.27. The maximum absolute atomic E-state index is 12.9. The van der Waals surface area contributed by atoms with Gasteiger partial charge in [0.15, 0.2) is 0 Å². The lowest BCUT2D eigenvalue weighted by atomic mass is 10.2. The minimum atomic E-state index is -3.98. The van der Waals surface area contributed by atoms with E-state index in [4.69, 9.17) is 23.2 Å². The molecule has 0 bridgehead atoms. The summed E-state index contributed by atoms with van der Waals surface area (Å²) in [6.45, 7) is 0. The minimum absolute atomic E-state index is 0.0173. The van der Waals surface area contributed by atoms with E-state index in [0.29, 0.717) is 9.23 Å². The van der Waals surface area contributed by atoms with E-state index in [9.17, 15) is 17.4 Å². The number of nitrogens with one attached hydrogen (secondary N) is 1. The highest BCUT2D eigenvalue weighted by Gasteiger charge is 2.21. The van der Waals surface area contributed by atoms with Crippen LogP contribution < -0.4 is 4.72 Å². The number of hydrogen-bond acceptors (Lipinski definition) is 5. The third kappa shape index (κ3) is 5.18. The molecule has 1 N–H and O–H groups in total. The van der Waals surface area contributed by atoms with E-state index < -0.39 is 25.7 Å². The average Bonchev–Trinajstić information content (AvgIpc) is 3.11. The van der Waals surface area contributed by atoms with E-state index in [1.807, 2.05) is 0 Å². The third-order valence-electron chi connectivity index (χ3n) is 3.71. The molecule has 1 amide bonds. The van der Waals surface area contributed by atoms with Crippen molar-refractivity contribution in [3.8, 4) is 0 Å². The Bertz CT molecular complexity index is 1300. The lowest BCUT2D eigenvalue weighted by molar-refractivity contribution is 0.101. The van der Waals surface area contributed by atoms with Crippen molar-refractivity contribution in [3.63, 3.8) is 0 Å². The Morgan fingerprint density at radius 2 is 1.69 bits per heavy atom. The van der Waals surface area contributed by atoms with Gasteiger partial charge in [-0.15, -0.1) is 11.3 Å². The Hall–Kier alpha value is -1.91. The second kappa shape index (κ2) is 8.45. The maximum Gasteiger partial charge on any atom is 0.287 e. The Morgan fingerprint density at radius 1 is 1.00 bits per heavy atom. The van der Waals surface area contributed by atoms with Gasteiger partial charge < -0.3 is 0 Å². The van der Waals surface area contributed by atoms with Gasteiger partial charge in [-0.2, -0.15) is 4.36 Å². The van der Waals surface area contributed by atoms with Crippen LogP contribution in [-0.4, -0.2) is 24.8 Å². The number of nitrogens with zero attached hydrogens (tertiary/aromatic N) is 1. The number of carbonyl (C=O) groups excluding carboxylic acids is 1. The molecule has 152 valence electrons. The first kappa shape index (κ1) is 21.8. The molecule has 1 aromatic heterocycles. The molecule has 0 saturated heterocycles. The average molecular weight is 489 g/mol. The summed E-state index contributed by atoms with van der Waals surface area (Å²) in [6.07, 6.45) is 1.34. The van der Waals surface area contributed by atoms with Gasteiger partial charge in [-0.25, -0.2) is 12.6 Å². The Kier molecular flexibility index (Phi) is 6.35. The molecule has 2 aromatic carbocycles. The highest BCUT2D eigenvalue weighted by Crippen LogP contribution is 2.29. The lowest BCUT2D eigenvalue weighted by Gasteiger charge is -2.11. The molecular weight excluding hydrogens is 475 g/mol. The second-order valence-corrected chi connectivity index (χ2v) is 12.2. The van der Waals surface area contributed by atoms with Crippen molar-refractivity contribution >= 4 is 65.9 Å². The fraction of sp³-hybridized carbons (Fsp3) is 0.0556. The van der Waals surface area contributed by atoms with Gasteiger partial charge >= 0.3 is 0 Å². The molecule has 1 atom stereocenters. The van der Waals surface area contributed by atoms with E-state index in [0.717, 1.165) is 11.3 Å². The first-order chi connectivity index (χ1) is 13.6. The number of rotatable bonds is 5. The van der Waals surface area contributed by atoms with Crippen LogP contribution in [-0.2, 0) is 19.8 Å². The Balaban J connectivity index is 2.02. The Morgan fingerprint density at radius 3 is 2.31 bits per heavy atom. The molecule has 0 saturated carbocycles. The highest BCUT2D eigenvalue weighted by molar-refractivity contribution is 7.94. The van der Waals surface area contributed by atoms with Crippen molar-refractivity contribution in [2.24, 2.45) is 4.36 Å². The molecule has 1 heterocycles. The van der Waals surface area contributed by atoms with Crippen molar-refractivity contribution < 1.29 is 17.4 Å². The lowest BCUT2D eigenvalue weighted by Crippen LogP contribution is -2.14. The molecule has 0 spiro atoms. The van der Waals surface area contributed by atoms with E-state index in [1.165, 1.54) is 36.6 Å².